The summed E-state index contributed by atoms with van der Waals surface area (Å²) in [7, 11) is 1.85. The van der Waals surface area contributed by atoms with Crippen molar-refractivity contribution in [3.8, 4) is 0 Å². The quantitative estimate of drug-likeness (QED) is 0.793. The molecule has 2 rings (SSSR count). The van der Waals surface area contributed by atoms with Gasteiger partial charge in [-0.25, -0.2) is 0 Å². The third-order valence-electron chi connectivity index (χ3n) is 2.69. The van der Waals surface area contributed by atoms with Crippen LogP contribution in [0.25, 0.3) is 0 Å². The molecule has 1 aliphatic rings. The van der Waals surface area contributed by atoms with Crippen LogP contribution in [0.4, 0.5) is 0 Å². The fourth-order valence-electron chi connectivity index (χ4n) is 1.55. The predicted molar refractivity (Wildman–Crippen MR) is 57.2 cm³/mol. The summed E-state index contributed by atoms with van der Waals surface area (Å²) in [5, 5.41) is 0. The standard InChI is InChI=1S/C11H15N3O/c1-14(10-2-3-10)11(15)8-4-5-13-9(6-8)7-12/h4-6,10H,2-3,7,12H2,1H3. The molecule has 1 aromatic rings. The summed E-state index contributed by atoms with van der Waals surface area (Å²) in [6.07, 6.45) is 3.88. The lowest BCUT2D eigenvalue weighted by molar-refractivity contribution is 0.0785. The van der Waals surface area contributed by atoms with E-state index >= 15 is 0 Å². The Labute approximate surface area is 89.1 Å². The maximum Gasteiger partial charge on any atom is 0.253 e. The Morgan fingerprint density at radius 1 is 1.67 bits per heavy atom. The zero-order valence-corrected chi connectivity index (χ0v) is 8.81. The van der Waals surface area contributed by atoms with E-state index in [4.69, 9.17) is 5.73 Å². The van der Waals surface area contributed by atoms with Gasteiger partial charge in [-0.05, 0) is 25.0 Å². The van der Waals surface area contributed by atoms with Crippen molar-refractivity contribution in [2.24, 2.45) is 5.73 Å². The van der Waals surface area contributed by atoms with E-state index < -0.39 is 0 Å². The molecule has 0 atom stereocenters. The van der Waals surface area contributed by atoms with Crippen molar-refractivity contribution < 1.29 is 4.79 Å². The lowest BCUT2D eigenvalue weighted by Crippen LogP contribution is -2.28. The number of hydrogen-bond acceptors (Lipinski definition) is 3. The first kappa shape index (κ1) is 10.1. The molecule has 15 heavy (non-hydrogen) atoms. The Kier molecular flexibility index (Phi) is 2.68. The summed E-state index contributed by atoms with van der Waals surface area (Å²) in [6.45, 7) is 0.369. The van der Waals surface area contributed by atoms with Gasteiger partial charge in [-0.15, -0.1) is 0 Å². The van der Waals surface area contributed by atoms with Crippen molar-refractivity contribution in [2.45, 2.75) is 25.4 Å². The van der Waals surface area contributed by atoms with E-state index in [-0.39, 0.29) is 5.91 Å². The summed E-state index contributed by atoms with van der Waals surface area (Å²) in [4.78, 5) is 17.8. The molecule has 1 amide bonds. The molecule has 0 aliphatic heterocycles. The molecule has 1 aromatic heterocycles. The molecule has 0 bridgehead atoms. The molecule has 0 aromatic carbocycles. The largest absolute Gasteiger partial charge is 0.339 e. The van der Waals surface area contributed by atoms with Crippen molar-refractivity contribution in [1.29, 1.82) is 0 Å². The van der Waals surface area contributed by atoms with E-state index in [2.05, 4.69) is 4.98 Å². The number of hydrogen-bond donors (Lipinski definition) is 1. The van der Waals surface area contributed by atoms with Crippen LogP contribution in [-0.4, -0.2) is 28.9 Å². The fourth-order valence-corrected chi connectivity index (χ4v) is 1.55. The molecule has 1 aliphatic carbocycles. The van der Waals surface area contributed by atoms with E-state index in [1.54, 1.807) is 23.2 Å². The third kappa shape index (κ3) is 2.15. The average Bonchev–Trinajstić information content (AvgIpc) is 3.11. The highest BCUT2D eigenvalue weighted by Gasteiger charge is 2.30. The van der Waals surface area contributed by atoms with E-state index in [0.717, 1.165) is 18.5 Å². The van der Waals surface area contributed by atoms with Crippen molar-refractivity contribution in [3.63, 3.8) is 0 Å². The summed E-state index contributed by atoms with van der Waals surface area (Å²) in [5.74, 6) is 0.0644. The molecule has 4 nitrogen and oxygen atoms in total. The number of nitrogens with two attached hydrogens (primary N) is 1. The Morgan fingerprint density at radius 2 is 2.40 bits per heavy atom. The van der Waals surface area contributed by atoms with Crippen LogP contribution in [0, 0.1) is 0 Å². The zero-order chi connectivity index (χ0) is 10.8. The summed E-state index contributed by atoms with van der Waals surface area (Å²) >= 11 is 0. The first-order valence-corrected chi connectivity index (χ1v) is 5.14. The first-order chi connectivity index (χ1) is 7.22. The zero-order valence-electron chi connectivity index (χ0n) is 8.81. The molecule has 0 saturated heterocycles. The molecule has 0 radical (unpaired) electrons. The molecule has 1 heterocycles. The van der Waals surface area contributed by atoms with E-state index in [0.29, 0.717) is 18.2 Å². The Bertz CT molecular complexity index is 374. The lowest BCUT2D eigenvalue weighted by Gasteiger charge is -2.16. The van der Waals surface area contributed by atoms with Gasteiger partial charge in [0.05, 0.1) is 5.69 Å². The van der Waals surface area contributed by atoms with Crippen LogP contribution in [0.2, 0.25) is 0 Å². The smallest absolute Gasteiger partial charge is 0.253 e. The second-order valence-electron chi connectivity index (χ2n) is 3.89. The summed E-state index contributed by atoms with van der Waals surface area (Å²) < 4.78 is 0. The minimum absolute atomic E-state index is 0.0644. The molecule has 0 unspecified atom stereocenters. The highest BCUT2D eigenvalue weighted by molar-refractivity contribution is 5.94. The van der Waals surface area contributed by atoms with Gasteiger partial charge < -0.3 is 10.6 Å². The Balaban J connectivity index is 2.16. The number of carbonyl (C=O) groups is 1. The Hall–Kier alpha value is -1.42. The predicted octanol–water partition coefficient (Wildman–Crippen LogP) is 0.775. The van der Waals surface area contributed by atoms with Crippen LogP contribution in [-0.2, 0) is 6.54 Å². The average molecular weight is 205 g/mol. The van der Waals surface area contributed by atoms with Crippen molar-refractivity contribution in [3.05, 3.63) is 29.6 Å². The van der Waals surface area contributed by atoms with Crippen molar-refractivity contribution in [1.82, 2.24) is 9.88 Å². The van der Waals surface area contributed by atoms with Gasteiger partial charge in [-0.1, -0.05) is 0 Å². The van der Waals surface area contributed by atoms with E-state index in [9.17, 15) is 4.79 Å². The maximum absolute atomic E-state index is 12.0. The molecule has 1 saturated carbocycles. The van der Waals surface area contributed by atoms with Gasteiger partial charge in [-0.3, -0.25) is 9.78 Å². The third-order valence-corrected chi connectivity index (χ3v) is 2.69. The highest BCUT2D eigenvalue weighted by Crippen LogP contribution is 2.26. The minimum atomic E-state index is 0.0644. The van der Waals surface area contributed by atoms with Gasteiger partial charge in [0.2, 0.25) is 0 Å². The second-order valence-corrected chi connectivity index (χ2v) is 3.89. The van der Waals surface area contributed by atoms with Gasteiger partial charge >= 0.3 is 0 Å². The van der Waals surface area contributed by atoms with E-state index in [1.165, 1.54) is 0 Å². The van der Waals surface area contributed by atoms with Gasteiger partial charge in [0.15, 0.2) is 0 Å². The fraction of sp³-hybridized carbons (Fsp3) is 0.455. The highest BCUT2D eigenvalue weighted by atomic mass is 16.2. The van der Waals surface area contributed by atoms with Gasteiger partial charge in [0.1, 0.15) is 0 Å². The second kappa shape index (κ2) is 3.98. The molecular weight excluding hydrogens is 190 g/mol. The summed E-state index contributed by atoms with van der Waals surface area (Å²) in [6, 6.07) is 3.94. The van der Waals surface area contributed by atoms with Crippen LogP contribution in [0.3, 0.4) is 0 Å². The van der Waals surface area contributed by atoms with Gasteiger partial charge in [0, 0.05) is 31.4 Å². The molecule has 2 N–H and O–H groups in total. The monoisotopic (exact) mass is 205 g/mol. The number of carbonyl (C=O) groups excluding carboxylic acids is 1. The van der Waals surface area contributed by atoms with Crippen LogP contribution in [0.1, 0.15) is 28.9 Å². The van der Waals surface area contributed by atoms with Crippen LogP contribution in [0.15, 0.2) is 18.3 Å². The molecule has 0 spiro atoms. The van der Waals surface area contributed by atoms with Crippen molar-refractivity contribution in [2.75, 3.05) is 7.05 Å². The summed E-state index contributed by atoms with van der Waals surface area (Å²) in [5.41, 5.74) is 6.91. The Morgan fingerprint density at radius 3 is 3.00 bits per heavy atom. The topological polar surface area (TPSA) is 59.2 Å². The van der Waals surface area contributed by atoms with Crippen LogP contribution < -0.4 is 5.73 Å². The maximum atomic E-state index is 12.0. The number of nitrogens with zero attached hydrogens (tertiary/aromatic N) is 2. The molecule has 80 valence electrons. The number of amides is 1. The van der Waals surface area contributed by atoms with Crippen LogP contribution in [0.5, 0.6) is 0 Å². The van der Waals surface area contributed by atoms with Gasteiger partial charge in [-0.2, -0.15) is 0 Å². The minimum Gasteiger partial charge on any atom is -0.339 e. The molecular formula is C11H15N3O. The molecule has 4 heteroatoms. The SMILES string of the molecule is CN(C(=O)c1ccnc(CN)c1)C1CC1. The van der Waals surface area contributed by atoms with Crippen molar-refractivity contribution >= 4 is 5.91 Å². The number of pyridine rings is 1. The first-order valence-electron chi connectivity index (χ1n) is 5.14. The lowest BCUT2D eigenvalue weighted by atomic mass is 10.2. The molecule has 1 fully saturated rings. The number of rotatable bonds is 3. The van der Waals surface area contributed by atoms with E-state index in [1.807, 2.05) is 7.05 Å². The normalized spacial score (nSPS) is 15.1. The van der Waals surface area contributed by atoms with Crippen LogP contribution >= 0.6 is 0 Å². The van der Waals surface area contributed by atoms with Gasteiger partial charge in [0.25, 0.3) is 5.91 Å². The number of aromatic nitrogens is 1.